The molecule has 0 saturated carbocycles. The fraction of sp³-hybridized carbons (Fsp3) is 0.182. The monoisotopic (exact) mass is 267 g/mol. The Morgan fingerprint density at radius 2 is 2.33 bits per heavy atom. The summed E-state index contributed by atoms with van der Waals surface area (Å²) in [5, 5.41) is 15.7. The van der Waals surface area contributed by atoms with Gasteiger partial charge in [0, 0.05) is 5.69 Å². The summed E-state index contributed by atoms with van der Waals surface area (Å²) in [7, 11) is 0. The van der Waals surface area contributed by atoms with Crippen LogP contribution in [0.3, 0.4) is 0 Å². The van der Waals surface area contributed by atoms with E-state index in [1.807, 2.05) is 0 Å². The highest BCUT2D eigenvalue weighted by molar-refractivity contribution is 6.33. The largest absolute Gasteiger partial charge is 0.478 e. The van der Waals surface area contributed by atoms with E-state index in [4.69, 9.17) is 21.2 Å². The Morgan fingerprint density at radius 1 is 1.56 bits per heavy atom. The smallest absolute Gasteiger partial charge is 0.337 e. The van der Waals surface area contributed by atoms with Gasteiger partial charge in [0.25, 0.3) is 0 Å². The van der Waals surface area contributed by atoms with Gasteiger partial charge in [0.1, 0.15) is 0 Å². The third kappa shape index (κ3) is 2.78. The molecule has 2 aromatic rings. The zero-order valence-electron chi connectivity index (χ0n) is 9.48. The van der Waals surface area contributed by atoms with E-state index in [9.17, 15) is 4.79 Å². The number of halogens is 1. The predicted molar refractivity (Wildman–Crippen MR) is 64.8 cm³/mol. The van der Waals surface area contributed by atoms with Crippen molar-refractivity contribution in [2.45, 2.75) is 13.5 Å². The molecule has 0 fully saturated rings. The Morgan fingerprint density at radius 3 is 2.89 bits per heavy atom. The lowest BCUT2D eigenvalue weighted by Crippen LogP contribution is -2.02. The molecule has 0 amide bonds. The quantitative estimate of drug-likeness (QED) is 0.884. The molecule has 2 N–H and O–H groups in total. The molecule has 0 saturated heterocycles. The van der Waals surface area contributed by atoms with E-state index in [2.05, 4.69) is 15.5 Å². The molecular weight excluding hydrogens is 258 g/mol. The van der Waals surface area contributed by atoms with Crippen molar-refractivity contribution < 1.29 is 14.4 Å². The molecule has 0 aliphatic carbocycles. The van der Waals surface area contributed by atoms with Gasteiger partial charge in [-0.2, -0.15) is 4.98 Å². The van der Waals surface area contributed by atoms with Gasteiger partial charge < -0.3 is 14.9 Å². The maximum atomic E-state index is 10.8. The fourth-order valence-corrected chi connectivity index (χ4v) is 1.65. The number of nitrogens with one attached hydrogen (secondary N) is 1. The molecule has 18 heavy (non-hydrogen) atoms. The standard InChI is InChI=1S/C11H10ClN3O3/c1-6-14-10(18-15-6)5-13-7-2-3-8(11(16)17)9(12)4-7/h2-4,13H,5H2,1H3,(H,16,17). The molecule has 0 atom stereocenters. The summed E-state index contributed by atoms with van der Waals surface area (Å²) in [5.41, 5.74) is 0.747. The van der Waals surface area contributed by atoms with Crippen molar-refractivity contribution >= 4 is 23.3 Å². The van der Waals surface area contributed by atoms with Crippen LogP contribution in [0, 0.1) is 6.92 Å². The van der Waals surface area contributed by atoms with Crippen LogP contribution in [0.5, 0.6) is 0 Å². The maximum Gasteiger partial charge on any atom is 0.337 e. The molecule has 2 rings (SSSR count). The highest BCUT2D eigenvalue weighted by Crippen LogP contribution is 2.21. The Labute approximate surface area is 108 Å². The van der Waals surface area contributed by atoms with Crippen molar-refractivity contribution in [2.75, 3.05) is 5.32 Å². The number of hydrogen-bond donors (Lipinski definition) is 2. The van der Waals surface area contributed by atoms with E-state index < -0.39 is 5.97 Å². The summed E-state index contributed by atoms with van der Waals surface area (Å²) in [4.78, 5) is 14.8. The molecule has 7 heteroatoms. The topological polar surface area (TPSA) is 88.2 Å². The maximum absolute atomic E-state index is 10.8. The SMILES string of the molecule is Cc1noc(CNc2ccc(C(=O)O)c(Cl)c2)n1. The lowest BCUT2D eigenvalue weighted by molar-refractivity contribution is 0.0697. The zero-order valence-corrected chi connectivity index (χ0v) is 10.2. The minimum Gasteiger partial charge on any atom is -0.478 e. The predicted octanol–water partition coefficient (Wildman–Crippen LogP) is 2.34. The van der Waals surface area contributed by atoms with Gasteiger partial charge in [0.05, 0.1) is 17.1 Å². The van der Waals surface area contributed by atoms with E-state index in [-0.39, 0.29) is 10.6 Å². The van der Waals surface area contributed by atoms with Crippen molar-refractivity contribution in [1.29, 1.82) is 0 Å². The first-order valence-corrected chi connectivity index (χ1v) is 5.50. The second-order valence-electron chi connectivity index (χ2n) is 3.59. The second-order valence-corrected chi connectivity index (χ2v) is 4.00. The number of rotatable bonds is 4. The Balaban J connectivity index is 2.06. The van der Waals surface area contributed by atoms with Gasteiger partial charge in [0.2, 0.25) is 5.89 Å². The van der Waals surface area contributed by atoms with Gasteiger partial charge in [-0.05, 0) is 25.1 Å². The van der Waals surface area contributed by atoms with Crippen molar-refractivity contribution in [3.05, 3.63) is 40.5 Å². The summed E-state index contributed by atoms with van der Waals surface area (Å²) < 4.78 is 4.93. The molecule has 1 aromatic heterocycles. The molecule has 0 bridgehead atoms. The van der Waals surface area contributed by atoms with Gasteiger partial charge in [-0.1, -0.05) is 16.8 Å². The first kappa shape index (κ1) is 12.4. The van der Waals surface area contributed by atoms with Crippen LogP contribution in [0.15, 0.2) is 22.7 Å². The van der Waals surface area contributed by atoms with Gasteiger partial charge in [-0.3, -0.25) is 0 Å². The molecule has 0 aliphatic rings. The van der Waals surface area contributed by atoms with Crippen LogP contribution in [-0.2, 0) is 6.54 Å². The van der Waals surface area contributed by atoms with Gasteiger partial charge in [0.15, 0.2) is 5.82 Å². The van der Waals surface area contributed by atoms with Crippen LogP contribution in [0.25, 0.3) is 0 Å². The van der Waals surface area contributed by atoms with Gasteiger partial charge >= 0.3 is 5.97 Å². The van der Waals surface area contributed by atoms with Crippen molar-refractivity contribution in [3.63, 3.8) is 0 Å². The summed E-state index contributed by atoms with van der Waals surface area (Å²) >= 11 is 5.84. The number of anilines is 1. The molecule has 1 heterocycles. The molecule has 0 spiro atoms. The number of nitrogens with zero attached hydrogens (tertiary/aromatic N) is 2. The fourth-order valence-electron chi connectivity index (χ4n) is 1.39. The third-order valence-corrected chi connectivity index (χ3v) is 2.53. The lowest BCUT2D eigenvalue weighted by atomic mass is 10.2. The Kier molecular flexibility index (Phi) is 3.47. The number of aromatic carboxylic acids is 1. The number of carboxylic acids is 1. The first-order valence-electron chi connectivity index (χ1n) is 5.12. The average Bonchev–Trinajstić information content (AvgIpc) is 2.72. The molecule has 6 nitrogen and oxygen atoms in total. The summed E-state index contributed by atoms with van der Waals surface area (Å²) in [5.74, 6) is -0.0453. The first-order chi connectivity index (χ1) is 8.56. The van der Waals surface area contributed by atoms with Crippen LogP contribution in [0.4, 0.5) is 5.69 Å². The van der Waals surface area contributed by atoms with E-state index in [0.29, 0.717) is 23.9 Å². The number of carbonyl (C=O) groups is 1. The third-order valence-electron chi connectivity index (χ3n) is 2.21. The second kappa shape index (κ2) is 5.05. The van der Waals surface area contributed by atoms with Crippen LogP contribution in [-0.4, -0.2) is 21.2 Å². The van der Waals surface area contributed by atoms with Crippen LogP contribution in [0.2, 0.25) is 5.02 Å². The molecular formula is C11H10ClN3O3. The van der Waals surface area contributed by atoms with Gasteiger partial charge in [-0.15, -0.1) is 0 Å². The highest BCUT2D eigenvalue weighted by Gasteiger charge is 2.09. The molecule has 0 unspecified atom stereocenters. The summed E-state index contributed by atoms with van der Waals surface area (Å²) in [6.45, 7) is 2.08. The van der Waals surface area contributed by atoms with Crippen LogP contribution < -0.4 is 5.32 Å². The van der Waals surface area contributed by atoms with Gasteiger partial charge in [-0.25, -0.2) is 4.79 Å². The molecule has 0 radical (unpaired) electrons. The molecule has 0 aliphatic heterocycles. The number of hydrogen-bond acceptors (Lipinski definition) is 5. The minimum absolute atomic E-state index is 0.0656. The van der Waals surface area contributed by atoms with Crippen LogP contribution >= 0.6 is 11.6 Å². The summed E-state index contributed by atoms with van der Waals surface area (Å²) in [6, 6.07) is 4.60. The molecule has 1 aromatic carbocycles. The van der Waals surface area contributed by atoms with E-state index in [1.165, 1.54) is 12.1 Å². The normalized spacial score (nSPS) is 10.3. The number of aromatic nitrogens is 2. The Hall–Kier alpha value is -2.08. The summed E-state index contributed by atoms with van der Waals surface area (Å²) in [6.07, 6.45) is 0. The van der Waals surface area contributed by atoms with Crippen molar-refractivity contribution in [1.82, 2.24) is 10.1 Å². The zero-order chi connectivity index (χ0) is 13.1. The van der Waals surface area contributed by atoms with Crippen molar-refractivity contribution in [2.24, 2.45) is 0 Å². The van der Waals surface area contributed by atoms with E-state index in [1.54, 1.807) is 13.0 Å². The van der Waals surface area contributed by atoms with Crippen LogP contribution in [0.1, 0.15) is 22.1 Å². The lowest BCUT2D eigenvalue weighted by Gasteiger charge is -2.05. The number of aryl methyl sites for hydroxylation is 1. The Bertz CT molecular complexity index is 583. The molecule has 94 valence electrons. The van der Waals surface area contributed by atoms with Crippen molar-refractivity contribution in [3.8, 4) is 0 Å². The average molecular weight is 268 g/mol. The van der Waals surface area contributed by atoms with E-state index >= 15 is 0 Å². The number of benzene rings is 1. The highest BCUT2D eigenvalue weighted by atomic mass is 35.5. The number of carboxylic acid groups (broad SMARTS) is 1. The van der Waals surface area contributed by atoms with E-state index in [0.717, 1.165) is 0 Å². The minimum atomic E-state index is -1.06.